The van der Waals surface area contributed by atoms with Gasteiger partial charge in [0.25, 0.3) is 0 Å². The summed E-state index contributed by atoms with van der Waals surface area (Å²) < 4.78 is 9.97. The molecule has 18 heavy (non-hydrogen) atoms. The van der Waals surface area contributed by atoms with Gasteiger partial charge in [0.2, 0.25) is 0 Å². The predicted molar refractivity (Wildman–Crippen MR) is 68.0 cm³/mol. The van der Waals surface area contributed by atoms with Gasteiger partial charge in [0.1, 0.15) is 17.1 Å². The normalized spacial score (nSPS) is 9.94. The zero-order valence-corrected chi connectivity index (χ0v) is 11.0. The minimum atomic E-state index is -0.416. The zero-order valence-electron chi connectivity index (χ0n) is 11.0. The van der Waals surface area contributed by atoms with Crippen molar-refractivity contribution < 1.29 is 19.1 Å². The van der Waals surface area contributed by atoms with Gasteiger partial charge in [-0.05, 0) is 31.4 Å². The van der Waals surface area contributed by atoms with Crippen molar-refractivity contribution in [2.45, 2.75) is 26.2 Å². The molecule has 0 bridgehead atoms. The fourth-order valence-electron chi connectivity index (χ4n) is 1.82. The number of hydrogen-bond acceptors (Lipinski definition) is 4. The molecule has 0 aliphatic heterocycles. The van der Waals surface area contributed by atoms with Crippen LogP contribution in [0.4, 0.5) is 0 Å². The lowest BCUT2D eigenvalue weighted by Gasteiger charge is -2.11. The Hall–Kier alpha value is -1.84. The molecule has 1 aromatic rings. The highest BCUT2D eigenvalue weighted by Crippen LogP contribution is 2.26. The molecule has 0 fully saturated rings. The number of ketones is 1. The molecule has 4 heteroatoms. The van der Waals surface area contributed by atoms with Crippen LogP contribution in [0.3, 0.4) is 0 Å². The van der Waals surface area contributed by atoms with Gasteiger partial charge in [0.05, 0.1) is 14.2 Å². The van der Waals surface area contributed by atoms with Crippen molar-refractivity contribution in [3.8, 4) is 5.75 Å². The first-order chi connectivity index (χ1) is 8.60. The number of carbonyl (C=O) groups is 2. The molecule has 0 unspecified atom stereocenters. The quantitative estimate of drug-likeness (QED) is 0.727. The highest BCUT2D eigenvalue weighted by atomic mass is 16.5. The molecular weight excluding hydrogens is 232 g/mol. The van der Waals surface area contributed by atoms with E-state index in [1.165, 1.54) is 14.2 Å². The van der Waals surface area contributed by atoms with Crippen LogP contribution in [0.25, 0.3) is 0 Å². The Balaban J connectivity index is 2.90. The average molecular weight is 250 g/mol. The number of ether oxygens (including phenoxy) is 2. The van der Waals surface area contributed by atoms with E-state index in [1.54, 1.807) is 19.1 Å². The van der Waals surface area contributed by atoms with E-state index in [2.05, 4.69) is 0 Å². The second-order valence-electron chi connectivity index (χ2n) is 4.05. The van der Waals surface area contributed by atoms with Crippen LogP contribution >= 0.6 is 0 Å². The third kappa shape index (κ3) is 3.58. The van der Waals surface area contributed by atoms with Crippen molar-refractivity contribution >= 4 is 11.8 Å². The summed E-state index contributed by atoms with van der Waals surface area (Å²) in [5, 5.41) is 0. The van der Waals surface area contributed by atoms with Crippen molar-refractivity contribution in [1.29, 1.82) is 0 Å². The number of esters is 1. The van der Waals surface area contributed by atoms with Crippen molar-refractivity contribution in [1.82, 2.24) is 0 Å². The van der Waals surface area contributed by atoms with E-state index in [0.29, 0.717) is 24.2 Å². The van der Waals surface area contributed by atoms with Crippen LogP contribution in [0.1, 0.15) is 35.7 Å². The van der Waals surface area contributed by atoms with Gasteiger partial charge in [-0.25, -0.2) is 4.79 Å². The Morgan fingerprint density at radius 1 is 1.22 bits per heavy atom. The first-order valence-electron chi connectivity index (χ1n) is 5.83. The maximum absolute atomic E-state index is 11.6. The van der Waals surface area contributed by atoms with E-state index < -0.39 is 5.97 Å². The lowest BCUT2D eigenvalue weighted by molar-refractivity contribution is -0.117. The van der Waals surface area contributed by atoms with E-state index >= 15 is 0 Å². The van der Waals surface area contributed by atoms with Crippen molar-refractivity contribution in [3.05, 3.63) is 29.3 Å². The van der Waals surface area contributed by atoms with E-state index in [9.17, 15) is 9.59 Å². The smallest absolute Gasteiger partial charge is 0.341 e. The molecule has 1 rings (SSSR count). The average Bonchev–Trinajstić information content (AvgIpc) is 2.37. The molecule has 4 nitrogen and oxygen atoms in total. The monoisotopic (exact) mass is 250 g/mol. The fourth-order valence-corrected chi connectivity index (χ4v) is 1.82. The molecule has 0 aromatic heterocycles. The Morgan fingerprint density at radius 3 is 2.50 bits per heavy atom. The Bertz CT molecular complexity index is 437. The number of methoxy groups -OCH3 is 2. The van der Waals surface area contributed by atoms with Gasteiger partial charge in [0, 0.05) is 6.42 Å². The summed E-state index contributed by atoms with van der Waals surface area (Å²) in [4.78, 5) is 22.5. The summed E-state index contributed by atoms with van der Waals surface area (Å²) in [6, 6.07) is 5.35. The molecule has 0 saturated heterocycles. The summed E-state index contributed by atoms with van der Waals surface area (Å²) in [7, 11) is 2.86. The molecule has 0 aliphatic carbocycles. The Kier molecular flexibility index (Phi) is 5.36. The molecule has 0 amide bonds. The molecule has 98 valence electrons. The lowest BCUT2D eigenvalue weighted by atomic mass is 10.0. The van der Waals surface area contributed by atoms with Crippen LogP contribution in [0.5, 0.6) is 5.75 Å². The highest BCUT2D eigenvalue weighted by molar-refractivity contribution is 5.93. The Morgan fingerprint density at radius 2 is 1.94 bits per heavy atom. The fraction of sp³-hybridized carbons (Fsp3) is 0.429. The molecule has 1 aromatic carbocycles. The van der Waals surface area contributed by atoms with Crippen molar-refractivity contribution in [2.24, 2.45) is 0 Å². The summed E-state index contributed by atoms with van der Waals surface area (Å²) in [6.45, 7) is 1.57. The summed E-state index contributed by atoms with van der Waals surface area (Å²) in [5.74, 6) is 0.284. The minimum absolute atomic E-state index is 0.165. The number of benzene rings is 1. The number of hydrogen-bond donors (Lipinski definition) is 0. The summed E-state index contributed by atoms with van der Waals surface area (Å²) in [6.07, 6.45) is 1.98. The van der Waals surface area contributed by atoms with E-state index in [1.807, 2.05) is 6.07 Å². The van der Waals surface area contributed by atoms with Crippen LogP contribution in [0, 0.1) is 0 Å². The third-order valence-corrected chi connectivity index (χ3v) is 2.68. The van der Waals surface area contributed by atoms with Crippen molar-refractivity contribution in [3.63, 3.8) is 0 Å². The maximum atomic E-state index is 11.6. The van der Waals surface area contributed by atoms with Crippen LogP contribution in [0.15, 0.2) is 18.2 Å². The van der Waals surface area contributed by atoms with Crippen LogP contribution in [0.2, 0.25) is 0 Å². The number of Topliss-reactive ketones (excluding diaryl/α,β-unsaturated/α-hetero) is 1. The lowest BCUT2D eigenvalue weighted by Crippen LogP contribution is -2.06. The van der Waals surface area contributed by atoms with E-state index in [4.69, 9.17) is 9.47 Å². The van der Waals surface area contributed by atoms with Crippen LogP contribution in [-0.2, 0) is 16.0 Å². The summed E-state index contributed by atoms with van der Waals surface area (Å²) in [5.41, 5.74) is 1.34. The molecule has 0 saturated carbocycles. The largest absolute Gasteiger partial charge is 0.496 e. The molecule has 0 N–H and O–H groups in total. The van der Waals surface area contributed by atoms with Gasteiger partial charge in [-0.15, -0.1) is 0 Å². The van der Waals surface area contributed by atoms with E-state index in [-0.39, 0.29) is 5.78 Å². The summed E-state index contributed by atoms with van der Waals surface area (Å²) >= 11 is 0. The van der Waals surface area contributed by atoms with Gasteiger partial charge >= 0.3 is 5.97 Å². The van der Waals surface area contributed by atoms with Gasteiger partial charge in [-0.1, -0.05) is 12.1 Å². The highest BCUT2D eigenvalue weighted by Gasteiger charge is 2.15. The molecule has 0 radical (unpaired) electrons. The zero-order chi connectivity index (χ0) is 13.5. The van der Waals surface area contributed by atoms with E-state index in [0.717, 1.165) is 12.0 Å². The van der Waals surface area contributed by atoms with Crippen LogP contribution < -0.4 is 4.74 Å². The first-order valence-corrected chi connectivity index (χ1v) is 5.83. The topological polar surface area (TPSA) is 52.6 Å². The number of rotatable bonds is 6. The van der Waals surface area contributed by atoms with Gasteiger partial charge in [0.15, 0.2) is 0 Å². The molecular formula is C14H18O4. The predicted octanol–water partition coefficient (Wildman–Crippen LogP) is 2.39. The second-order valence-corrected chi connectivity index (χ2v) is 4.05. The number of para-hydroxylation sites is 1. The van der Waals surface area contributed by atoms with Gasteiger partial charge in [-0.3, -0.25) is 0 Å². The standard InChI is InChI=1S/C14H18O4/c1-10(15)6-4-7-11-8-5-9-12(13(11)17-2)14(16)18-3/h5,8-9H,4,6-7H2,1-3H3. The molecule has 0 aliphatic rings. The number of carbonyl (C=O) groups excluding carboxylic acids is 2. The molecule has 0 spiro atoms. The van der Waals surface area contributed by atoms with Crippen LogP contribution in [-0.4, -0.2) is 26.0 Å². The molecule has 0 heterocycles. The third-order valence-electron chi connectivity index (χ3n) is 2.68. The first kappa shape index (κ1) is 14.2. The van der Waals surface area contributed by atoms with Crippen molar-refractivity contribution in [2.75, 3.05) is 14.2 Å². The second kappa shape index (κ2) is 6.79. The number of aryl methyl sites for hydroxylation is 1. The minimum Gasteiger partial charge on any atom is -0.496 e. The SMILES string of the molecule is COC(=O)c1cccc(CCCC(C)=O)c1OC. The molecule has 0 atom stereocenters. The Labute approximate surface area is 107 Å². The maximum Gasteiger partial charge on any atom is 0.341 e. The van der Waals surface area contributed by atoms with Gasteiger partial charge in [-0.2, -0.15) is 0 Å². The van der Waals surface area contributed by atoms with Gasteiger partial charge < -0.3 is 14.3 Å².